The summed E-state index contributed by atoms with van der Waals surface area (Å²) in [7, 11) is 0. The standard InChI is InChI=1S/C15H20ClNO/c1-10-6-5-7-12-11(2)8-15(3,4)17(14(10)12)13(18)9-16/h5-7,11H,8-9H2,1-4H3/t11-/m0/s1. The number of carbonyl (C=O) groups excluding carboxylic acids is 1. The lowest BCUT2D eigenvalue weighted by Gasteiger charge is -2.46. The summed E-state index contributed by atoms with van der Waals surface area (Å²) in [5.41, 5.74) is 3.29. The van der Waals surface area contributed by atoms with E-state index in [1.54, 1.807) is 0 Å². The van der Waals surface area contributed by atoms with Crippen LogP contribution in [0.4, 0.5) is 5.69 Å². The molecular formula is C15H20ClNO. The zero-order valence-electron chi connectivity index (χ0n) is 11.5. The van der Waals surface area contributed by atoms with Crippen LogP contribution >= 0.6 is 11.6 Å². The Morgan fingerprint density at radius 3 is 2.78 bits per heavy atom. The smallest absolute Gasteiger partial charge is 0.242 e. The number of benzene rings is 1. The summed E-state index contributed by atoms with van der Waals surface area (Å²) in [5.74, 6) is 0.490. The first-order chi connectivity index (χ1) is 8.38. The van der Waals surface area contributed by atoms with E-state index in [9.17, 15) is 4.79 Å². The van der Waals surface area contributed by atoms with Gasteiger partial charge in [-0.3, -0.25) is 4.79 Å². The first kappa shape index (κ1) is 13.4. The minimum Gasteiger partial charge on any atom is -0.305 e. The van der Waals surface area contributed by atoms with Crippen LogP contribution in [0.25, 0.3) is 0 Å². The number of amides is 1. The average Bonchev–Trinajstić information content (AvgIpc) is 2.29. The van der Waals surface area contributed by atoms with Gasteiger partial charge in [-0.15, -0.1) is 11.6 Å². The third-order valence-corrected chi connectivity index (χ3v) is 4.03. The molecule has 2 nitrogen and oxygen atoms in total. The summed E-state index contributed by atoms with van der Waals surface area (Å²) < 4.78 is 0. The van der Waals surface area contributed by atoms with Crippen LogP contribution in [0.3, 0.4) is 0 Å². The molecule has 0 saturated heterocycles. The molecule has 0 bridgehead atoms. The van der Waals surface area contributed by atoms with Crippen LogP contribution < -0.4 is 4.90 Å². The van der Waals surface area contributed by atoms with Crippen molar-refractivity contribution < 1.29 is 4.79 Å². The summed E-state index contributed by atoms with van der Waals surface area (Å²) >= 11 is 5.78. The van der Waals surface area contributed by atoms with Crippen molar-refractivity contribution >= 4 is 23.2 Å². The van der Waals surface area contributed by atoms with Gasteiger partial charge in [0.25, 0.3) is 0 Å². The van der Waals surface area contributed by atoms with E-state index in [0.29, 0.717) is 5.92 Å². The van der Waals surface area contributed by atoms with Gasteiger partial charge in [-0.1, -0.05) is 25.1 Å². The molecule has 98 valence electrons. The molecule has 1 atom stereocenters. The van der Waals surface area contributed by atoms with Gasteiger partial charge in [0.2, 0.25) is 5.91 Å². The number of alkyl halides is 1. The molecule has 0 unspecified atom stereocenters. The zero-order chi connectivity index (χ0) is 13.5. The van der Waals surface area contributed by atoms with Crippen molar-refractivity contribution in [3.63, 3.8) is 0 Å². The van der Waals surface area contributed by atoms with Crippen LogP contribution in [0.15, 0.2) is 18.2 Å². The Balaban J connectivity index is 2.64. The summed E-state index contributed by atoms with van der Waals surface area (Å²) in [4.78, 5) is 14.1. The number of halogens is 1. The van der Waals surface area contributed by atoms with E-state index < -0.39 is 0 Å². The van der Waals surface area contributed by atoms with E-state index >= 15 is 0 Å². The molecule has 0 N–H and O–H groups in total. The molecule has 1 aliphatic heterocycles. The minimum absolute atomic E-state index is 0.0101. The summed E-state index contributed by atoms with van der Waals surface area (Å²) in [6, 6.07) is 6.24. The van der Waals surface area contributed by atoms with Crippen LogP contribution in [-0.2, 0) is 4.79 Å². The van der Waals surface area contributed by atoms with Gasteiger partial charge in [-0.05, 0) is 44.2 Å². The number of nitrogens with zero attached hydrogens (tertiary/aromatic N) is 1. The van der Waals surface area contributed by atoms with E-state index in [1.165, 1.54) is 5.56 Å². The topological polar surface area (TPSA) is 20.3 Å². The monoisotopic (exact) mass is 265 g/mol. The molecule has 2 rings (SSSR count). The molecule has 0 fully saturated rings. The molecule has 1 aliphatic rings. The number of hydrogen-bond donors (Lipinski definition) is 0. The number of aryl methyl sites for hydroxylation is 1. The molecular weight excluding hydrogens is 246 g/mol. The predicted octanol–water partition coefficient (Wildman–Crippen LogP) is 3.85. The Kier molecular flexibility index (Phi) is 3.41. The average molecular weight is 266 g/mol. The maximum atomic E-state index is 12.2. The number of rotatable bonds is 1. The maximum Gasteiger partial charge on any atom is 0.242 e. The fourth-order valence-corrected chi connectivity index (χ4v) is 3.28. The highest BCUT2D eigenvalue weighted by atomic mass is 35.5. The second kappa shape index (κ2) is 4.58. The summed E-state index contributed by atoms with van der Waals surface area (Å²) in [6.07, 6.45) is 0.964. The SMILES string of the molecule is Cc1cccc2c1N(C(=O)CCl)C(C)(C)C[C@@H]2C. The molecule has 1 amide bonds. The molecule has 0 spiro atoms. The van der Waals surface area contributed by atoms with Crippen molar-refractivity contribution in [1.82, 2.24) is 0 Å². The second-order valence-electron chi connectivity index (χ2n) is 5.79. The first-order valence-corrected chi connectivity index (χ1v) is 6.90. The lowest BCUT2D eigenvalue weighted by Crippen LogP contribution is -2.52. The lowest BCUT2D eigenvalue weighted by atomic mass is 9.79. The number of carbonyl (C=O) groups is 1. The van der Waals surface area contributed by atoms with Crippen LogP contribution in [0, 0.1) is 6.92 Å². The third kappa shape index (κ3) is 2.03. The van der Waals surface area contributed by atoms with Gasteiger partial charge >= 0.3 is 0 Å². The quantitative estimate of drug-likeness (QED) is 0.706. The Morgan fingerprint density at radius 1 is 1.50 bits per heavy atom. The molecule has 1 aromatic rings. The van der Waals surface area contributed by atoms with Crippen LogP contribution in [0.5, 0.6) is 0 Å². The Morgan fingerprint density at radius 2 is 2.17 bits per heavy atom. The minimum atomic E-state index is -0.176. The molecule has 0 saturated carbocycles. The van der Waals surface area contributed by atoms with Gasteiger partial charge < -0.3 is 4.90 Å². The summed E-state index contributed by atoms with van der Waals surface area (Å²) in [6.45, 7) is 8.51. The van der Waals surface area contributed by atoms with E-state index in [-0.39, 0.29) is 17.3 Å². The van der Waals surface area contributed by atoms with E-state index in [4.69, 9.17) is 11.6 Å². The normalized spacial score (nSPS) is 21.6. The van der Waals surface area contributed by atoms with Gasteiger partial charge in [0.15, 0.2) is 0 Å². The van der Waals surface area contributed by atoms with Crippen LogP contribution in [0.1, 0.15) is 44.2 Å². The zero-order valence-corrected chi connectivity index (χ0v) is 12.2. The van der Waals surface area contributed by atoms with Crippen molar-refractivity contribution in [1.29, 1.82) is 0 Å². The highest BCUT2D eigenvalue weighted by Crippen LogP contribution is 2.44. The first-order valence-electron chi connectivity index (χ1n) is 6.37. The maximum absolute atomic E-state index is 12.2. The van der Waals surface area contributed by atoms with Crippen molar-refractivity contribution in [2.75, 3.05) is 10.8 Å². The molecule has 1 heterocycles. The highest BCUT2D eigenvalue weighted by Gasteiger charge is 2.40. The van der Waals surface area contributed by atoms with Gasteiger partial charge in [0.05, 0.1) is 5.69 Å². The molecule has 3 heteroatoms. The number of para-hydroxylation sites is 1. The molecule has 0 aliphatic carbocycles. The van der Waals surface area contributed by atoms with E-state index in [0.717, 1.165) is 17.7 Å². The van der Waals surface area contributed by atoms with Crippen molar-refractivity contribution in [2.24, 2.45) is 0 Å². The van der Waals surface area contributed by atoms with Gasteiger partial charge in [0, 0.05) is 5.54 Å². The van der Waals surface area contributed by atoms with E-state index in [1.807, 2.05) is 4.90 Å². The van der Waals surface area contributed by atoms with Crippen LogP contribution in [-0.4, -0.2) is 17.3 Å². The highest BCUT2D eigenvalue weighted by molar-refractivity contribution is 6.29. The summed E-state index contributed by atoms with van der Waals surface area (Å²) in [5, 5.41) is 0. The van der Waals surface area contributed by atoms with Gasteiger partial charge in [-0.2, -0.15) is 0 Å². The second-order valence-corrected chi connectivity index (χ2v) is 6.06. The Labute approximate surface area is 114 Å². The molecule has 18 heavy (non-hydrogen) atoms. The molecule has 0 radical (unpaired) electrons. The lowest BCUT2D eigenvalue weighted by molar-refractivity contribution is -0.117. The molecule has 0 aromatic heterocycles. The fourth-order valence-electron chi connectivity index (χ4n) is 3.16. The van der Waals surface area contributed by atoms with Crippen molar-refractivity contribution in [3.05, 3.63) is 29.3 Å². The number of fused-ring (bicyclic) bond motifs is 1. The van der Waals surface area contributed by atoms with E-state index in [2.05, 4.69) is 45.9 Å². The Bertz CT molecular complexity index is 481. The van der Waals surface area contributed by atoms with Crippen molar-refractivity contribution in [3.8, 4) is 0 Å². The number of anilines is 1. The van der Waals surface area contributed by atoms with Crippen LogP contribution in [0.2, 0.25) is 0 Å². The van der Waals surface area contributed by atoms with Crippen molar-refractivity contribution in [2.45, 2.75) is 45.6 Å². The van der Waals surface area contributed by atoms with Gasteiger partial charge in [0.1, 0.15) is 5.88 Å². The third-order valence-electron chi connectivity index (χ3n) is 3.80. The van der Waals surface area contributed by atoms with Gasteiger partial charge in [-0.25, -0.2) is 0 Å². The fraction of sp³-hybridized carbons (Fsp3) is 0.533. The predicted molar refractivity (Wildman–Crippen MR) is 76.5 cm³/mol. The Hall–Kier alpha value is -1.02. The molecule has 1 aromatic carbocycles. The largest absolute Gasteiger partial charge is 0.305 e. The number of hydrogen-bond acceptors (Lipinski definition) is 1.